The number of hydrogen-bond donors (Lipinski definition) is 0. The van der Waals surface area contributed by atoms with Crippen molar-refractivity contribution in [3.63, 3.8) is 0 Å². The van der Waals surface area contributed by atoms with Gasteiger partial charge in [0.15, 0.2) is 0 Å². The molecule has 0 nitrogen and oxygen atoms in total. The summed E-state index contributed by atoms with van der Waals surface area (Å²) in [6.45, 7) is 15.2. The maximum Gasteiger partial charge on any atom is -0.0154 e. The van der Waals surface area contributed by atoms with E-state index in [2.05, 4.69) is 76.4 Å². The zero-order chi connectivity index (χ0) is 25.1. The summed E-state index contributed by atoms with van der Waals surface area (Å²) >= 11 is 0. The van der Waals surface area contributed by atoms with Crippen LogP contribution in [0.15, 0.2) is 78.4 Å². The highest BCUT2D eigenvalue weighted by Gasteiger charge is 2.43. The molecule has 0 N–H and O–H groups in total. The molecule has 3 aliphatic rings. The minimum atomic E-state index is 0.553. The molecule has 3 aliphatic carbocycles. The highest BCUT2D eigenvalue weighted by molar-refractivity contribution is 5.43. The van der Waals surface area contributed by atoms with E-state index in [1.807, 2.05) is 6.08 Å². The van der Waals surface area contributed by atoms with Gasteiger partial charge in [-0.05, 0) is 98.7 Å². The summed E-state index contributed by atoms with van der Waals surface area (Å²) in [6.07, 6.45) is 25.9. The molecule has 3 fully saturated rings. The quantitative estimate of drug-likeness (QED) is 0.346. The van der Waals surface area contributed by atoms with Gasteiger partial charge in [-0.1, -0.05) is 119 Å². The molecule has 0 heteroatoms. The molecule has 0 bridgehead atoms. The maximum absolute atomic E-state index is 4.55. The first-order valence-corrected chi connectivity index (χ1v) is 14.7. The molecule has 0 aromatic heterocycles. The van der Waals surface area contributed by atoms with E-state index in [1.54, 1.807) is 5.56 Å². The summed E-state index contributed by atoms with van der Waals surface area (Å²) in [5.74, 6) is 2.29. The second kappa shape index (κ2) is 14.1. The zero-order valence-electron chi connectivity index (χ0n) is 23.2. The van der Waals surface area contributed by atoms with Crippen molar-refractivity contribution in [1.29, 1.82) is 0 Å². The van der Waals surface area contributed by atoms with Gasteiger partial charge in [-0.3, -0.25) is 0 Å². The molecule has 0 amide bonds. The summed E-state index contributed by atoms with van der Waals surface area (Å²) in [5.41, 5.74) is 6.18. The van der Waals surface area contributed by atoms with Gasteiger partial charge in [-0.25, -0.2) is 0 Å². The van der Waals surface area contributed by atoms with Gasteiger partial charge in [0.2, 0.25) is 0 Å². The Kier molecular flexibility index (Phi) is 11.1. The van der Waals surface area contributed by atoms with Crippen LogP contribution in [0.2, 0.25) is 0 Å². The fourth-order valence-corrected chi connectivity index (χ4v) is 7.24. The van der Waals surface area contributed by atoms with Gasteiger partial charge in [0.25, 0.3) is 0 Å². The minimum Gasteiger partial charge on any atom is -0.0991 e. The molecule has 2 atom stereocenters. The van der Waals surface area contributed by atoms with Crippen molar-refractivity contribution >= 4 is 0 Å². The van der Waals surface area contributed by atoms with Gasteiger partial charge >= 0.3 is 0 Å². The minimum absolute atomic E-state index is 0.553. The Labute approximate surface area is 217 Å². The van der Waals surface area contributed by atoms with Crippen molar-refractivity contribution in [3.8, 4) is 0 Å². The van der Waals surface area contributed by atoms with Crippen molar-refractivity contribution in [2.75, 3.05) is 0 Å². The predicted molar refractivity (Wildman–Crippen MR) is 156 cm³/mol. The van der Waals surface area contributed by atoms with E-state index in [1.165, 1.54) is 107 Å². The first-order chi connectivity index (χ1) is 17.0. The largest absolute Gasteiger partial charge is 0.0991 e. The van der Waals surface area contributed by atoms with Gasteiger partial charge in [-0.2, -0.15) is 0 Å². The molecule has 192 valence electrons. The first-order valence-electron chi connectivity index (χ1n) is 14.7. The Hall–Kier alpha value is -1.82. The van der Waals surface area contributed by atoms with Crippen LogP contribution in [0.4, 0.5) is 0 Å². The molecule has 0 heterocycles. The van der Waals surface area contributed by atoms with E-state index in [0.29, 0.717) is 11.3 Å². The number of rotatable bonds is 7. The molecule has 1 aromatic carbocycles. The lowest BCUT2D eigenvalue weighted by atomic mass is 9.56. The number of hydrogen-bond acceptors (Lipinski definition) is 0. The SMILES string of the molecule is C1CCCC1.C=C/C=C\C(C(=C)C1CCC2(CC1)CC(CCC)CC(c1ccccc1)C2)=C(C)C. The lowest BCUT2D eigenvalue weighted by molar-refractivity contribution is 0.0582. The normalized spacial score (nSPS) is 28.4. The van der Waals surface area contributed by atoms with E-state index in [9.17, 15) is 0 Å². The number of allylic oxidation sites excluding steroid dienone is 6. The third-order valence-electron chi connectivity index (χ3n) is 9.06. The van der Waals surface area contributed by atoms with Crippen LogP contribution in [0, 0.1) is 17.3 Å². The molecule has 1 spiro atoms. The highest BCUT2D eigenvalue weighted by Crippen LogP contribution is 2.56. The summed E-state index contributed by atoms with van der Waals surface area (Å²) < 4.78 is 0. The third kappa shape index (κ3) is 8.09. The summed E-state index contributed by atoms with van der Waals surface area (Å²) in [6, 6.07) is 11.3. The van der Waals surface area contributed by atoms with E-state index < -0.39 is 0 Å². The van der Waals surface area contributed by atoms with Gasteiger partial charge in [0.1, 0.15) is 0 Å². The number of benzene rings is 1. The Morgan fingerprint density at radius 1 is 0.971 bits per heavy atom. The van der Waals surface area contributed by atoms with Crippen LogP contribution in [0.5, 0.6) is 0 Å². The Bertz CT molecular complexity index is 828. The standard InChI is InChI=1S/C30H42.C5H10/c1-6-8-15-29(23(3)4)24(5)26-16-18-30(19-17-26)21-25(12-7-2)20-28(22-30)27-13-10-9-11-14-27;1-2-4-5-3-1/h6,8-11,13-15,25-26,28H,1,5,7,12,16-22H2,2-4H3;1-5H2/b15-8-;. The van der Waals surface area contributed by atoms with Crippen molar-refractivity contribution in [2.45, 2.75) is 117 Å². The Morgan fingerprint density at radius 2 is 1.60 bits per heavy atom. The van der Waals surface area contributed by atoms with Gasteiger partial charge < -0.3 is 0 Å². The molecule has 0 radical (unpaired) electrons. The lowest BCUT2D eigenvalue weighted by Gasteiger charge is -2.49. The van der Waals surface area contributed by atoms with E-state index in [4.69, 9.17) is 0 Å². The average Bonchev–Trinajstić information content (AvgIpc) is 3.45. The van der Waals surface area contributed by atoms with Gasteiger partial charge in [0.05, 0.1) is 0 Å². The van der Waals surface area contributed by atoms with Crippen LogP contribution < -0.4 is 0 Å². The summed E-state index contributed by atoms with van der Waals surface area (Å²) in [5, 5.41) is 0. The lowest BCUT2D eigenvalue weighted by Crippen LogP contribution is -2.36. The molecule has 4 rings (SSSR count). The molecule has 1 aromatic rings. The maximum atomic E-state index is 4.55. The summed E-state index contributed by atoms with van der Waals surface area (Å²) in [4.78, 5) is 0. The second-order valence-electron chi connectivity index (χ2n) is 12.0. The Morgan fingerprint density at radius 3 is 2.14 bits per heavy atom. The van der Waals surface area contributed by atoms with Crippen LogP contribution in [0.1, 0.15) is 122 Å². The summed E-state index contributed by atoms with van der Waals surface area (Å²) in [7, 11) is 0. The third-order valence-corrected chi connectivity index (χ3v) is 9.06. The predicted octanol–water partition coefficient (Wildman–Crippen LogP) is 11.1. The zero-order valence-corrected chi connectivity index (χ0v) is 23.2. The van der Waals surface area contributed by atoms with Crippen LogP contribution in [-0.4, -0.2) is 0 Å². The van der Waals surface area contributed by atoms with Crippen molar-refractivity contribution < 1.29 is 0 Å². The van der Waals surface area contributed by atoms with Crippen molar-refractivity contribution in [2.24, 2.45) is 17.3 Å². The molecule has 35 heavy (non-hydrogen) atoms. The average molecular weight is 473 g/mol. The van der Waals surface area contributed by atoms with Crippen molar-refractivity contribution in [1.82, 2.24) is 0 Å². The molecular formula is C35H52. The van der Waals surface area contributed by atoms with Crippen LogP contribution in [0.25, 0.3) is 0 Å². The van der Waals surface area contributed by atoms with Crippen LogP contribution >= 0.6 is 0 Å². The van der Waals surface area contributed by atoms with Crippen LogP contribution in [0.3, 0.4) is 0 Å². The molecule has 0 aliphatic heterocycles. The van der Waals surface area contributed by atoms with Gasteiger partial charge in [0, 0.05) is 0 Å². The fourth-order valence-electron chi connectivity index (χ4n) is 7.24. The fraction of sp³-hybridized carbons (Fsp3) is 0.600. The monoisotopic (exact) mass is 472 g/mol. The Balaban J connectivity index is 0.000000607. The molecular weight excluding hydrogens is 420 g/mol. The van der Waals surface area contributed by atoms with Gasteiger partial charge in [-0.15, -0.1) is 0 Å². The molecule has 0 saturated heterocycles. The first kappa shape index (κ1) is 27.8. The van der Waals surface area contributed by atoms with E-state index in [0.717, 1.165) is 11.8 Å². The van der Waals surface area contributed by atoms with E-state index >= 15 is 0 Å². The molecule has 2 unspecified atom stereocenters. The topological polar surface area (TPSA) is 0 Å². The smallest absolute Gasteiger partial charge is 0.0154 e. The second-order valence-corrected chi connectivity index (χ2v) is 12.0. The molecule has 3 saturated carbocycles. The van der Waals surface area contributed by atoms with Crippen LogP contribution in [-0.2, 0) is 0 Å². The highest BCUT2D eigenvalue weighted by atomic mass is 14.5. The van der Waals surface area contributed by atoms with Crippen molar-refractivity contribution in [3.05, 3.63) is 84.0 Å². The van der Waals surface area contributed by atoms with E-state index in [-0.39, 0.29) is 0 Å².